The third kappa shape index (κ3) is 2.81. The van der Waals surface area contributed by atoms with Gasteiger partial charge >= 0.3 is 0 Å². The molecular formula is C14H17N3. The molecule has 0 atom stereocenters. The molecule has 0 aliphatic heterocycles. The van der Waals surface area contributed by atoms with Crippen LogP contribution in [-0.4, -0.2) is 16.5 Å². The minimum atomic E-state index is 0.824. The Morgan fingerprint density at radius 2 is 1.82 bits per heavy atom. The van der Waals surface area contributed by atoms with E-state index in [1.165, 1.54) is 5.56 Å². The van der Waals surface area contributed by atoms with Crippen molar-refractivity contribution in [3.63, 3.8) is 0 Å². The fraction of sp³-hybridized carbons (Fsp3) is 0.286. The van der Waals surface area contributed by atoms with Gasteiger partial charge < -0.3 is 5.32 Å². The summed E-state index contributed by atoms with van der Waals surface area (Å²) < 4.78 is 0. The molecule has 0 fully saturated rings. The number of hydrogen-bond acceptors (Lipinski definition) is 3. The first-order valence-corrected chi connectivity index (χ1v) is 5.98. The lowest BCUT2D eigenvalue weighted by Gasteiger charge is -2.05. The van der Waals surface area contributed by atoms with Gasteiger partial charge in [0.05, 0.1) is 18.1 Å². The number of anilines is 1. The lowest BCUT2D eigenvalue weighted by atomic mass is 10.1. The molecule has 1 heterocycles. The molecule has 2 rings (SSSR count). The molecule has 1 aromatic heterocycles. The number of rotatable bonds is 4. The van der Waals surface area contributed by atoms with Crippen molar-refractivity contribution < 1.29 is 0 Å². The summed E-state index contributed by atoms with van der Waals surface area (Å²) in [4.78, 5) is 8.71. The van der Waals surface area contributed by atoms with Crippen molar-refractivity contribution in [2.24, 2.45) is 0 Å². The van der Waals surface area contributed by atoms with Gasteiger partial charge in [0.25, 0.3) is 0 Å². The van der Waals surface area contributed by atoms with Gasteiger partial charge in [0, 0.05) is 12.1 Å². The predicted molar refractivity (Wildman–Crippen MR) is 71.0 cm³/mol. The molecule has 17 heavy (non-hydrogen) atoms. The highest BCUT2D eigenvalue weighted by molar-refractivity contribution is 5.60. The summed E-state index contributed by atoms with van der Waals surface area (Å²) in [5.74, 6) is 0.824. The van der Waals surface area contributed by atoms with E-state index in [-0.39, 0.29) is 0 Å². The maximum absolute atomic E-state index is 4.51. The lowest BCUT2D eigenvalue weighted by Crippen LogP contribution is -2.00. The van der Waals surface area contributed by atoms with Crippen LogP contribution in [0.1, 0.15) is 19.4 Å². The van der Waals surface area contributed by atoms with Crippen LogP contribution in [0, 0.1) is 0 Å². The van der Waals surface area contributed by atoms with Gasteiger partial charge in [-0.15, -0.1) is 0 Å². The van der Waals surface area contributed by atoms with Crippen molar-refractivity contribution in [3.8, 4) is 11.3 Å². The summed E-state index contributed by atoms with van der Waals surface area (Å²) in [6.45, 7) is 5.05. The van der Waals surface area contributed by atoms with Gasteiger partial charge in [-0.1, -0.05) is 31.2 Å². The fourth-order valence-electron chi connectivity index (χ4n) is 1.68. The topological polar surface area (TPSA) is 37.8 Å². The average Bonchev–Trinajstić information content (AvgIpc) is 2.40. The zero-order valence-corrected chi connectivity index (χ0v) is 10.3. The minimum absolute atomic E-state index is 0.824. The van der Waals surface area contributed by atoms with Crippen LogP contribution in [0.5, 0.6) is 0 Å². The van der Waals surface area contributed by atoms with Gasteiger partial charge in [-0.05, 0) is 18.9 Å². The Labute approximate surface area is 102 Å². The quantitative estimate of drug-likeness (QED) is 0.872. The molecule has 0 aliphatic rings. The molecule has 0 radical (unpaired) electrons. The Morgan fingerprint density at radius 3 is 2.47 bits per heavy atom. The molecule has 0 amide bonds. The Hall–Kier alpha value is -1.90. The fourth-order valence-corrected chi connectivity index (χ4v) is 1.68. The Morgan fingerprint density at radius 1 is 1.06 bits per heavy atom. The highest BCUT2D eigenvalue weighted by Crippen LogP contribution is 2.18. The van der Waals surface area contributed by atoms with Gasteiger partial charge in [-0.2, -0.15) is 0 Å². The predicted octanol–water partition coefficient (Wildman–Crippen LogP) is 3.14. The van der Waals surface area contributed by atoms with E-state index in [1.54, 1.807) is 12.4 Å². The molecule has 1 N–H and O–H groups in total. The highest BCUT2D eigenvalue weighted by Gasteiger charge is 2.01. The summed E-state index contributed by atoms with van der Waals surface area (Å²) in [5, 5.41) is 3.17. The molecule has 0 unspecified atom stereocenters. The van der Waals surface area contributed by atoms with Crippen molar-refractivity contribution >= 4 is 5.82 Å². The Bertz CT molecular complexity index is 477. The number of nitrogens with zero attached hydrogens (tertiary/aromatic N) is 2. The van der Waals surface area contributed by atoms with Crippen LogP contribution in [0.3, 0.4) is 0 Å². The molecule has 3 heteroatoms. The Kier molecular flexibility index (Phi) is 3.70. The summed E-state index contributed by atoms with van der Waals surface area (Å²) in [6, 6.07) is 8.46. The zero-order valence-electron chi connectivity index (χ0n) is 10.3. The molecule has 0 bridgehead atoms. The second kappa shape index (κ2) is 5.43. The summed E-state index contributed by atoms with van der Waals surface area (Å²) in [6.07, 6.45) is 4.60. The van der Waals surface area contributed by atoms with Crippen LogP contribution in [-0.2, 0) is 6.42 Å². The van der Waals surface area contributed by atoms with Crippen molar-refractivity contribution in [2.45, 2.75) is 20.3 Å². The van der Waals surface area contributed by atoms with Crippen LogP contribution in [0.25, 0.3) is 11.3 Å². The molecule has 0 saturated carbocycles. The zero-order chi connectivity index (χ0) is 12.1. The molecule has 2 aromatic rings. The first kappa shape index (κ1) is 11.6. The van der Waals surface area contributed by atoms with Crippen LogP contribution in [0.4, 0.5) is 5.82 Å². The normalized spacial score (nSPS) is 10.2. The SMILES string of the molecule is CCNc1cncc(-c2ccc(CC)cc2)n1. The van der Waals surface area contributed by atoms with E-state index in [4.69, 9.17) is 0 Å². The van der Waals surface area contributed by atoms with Gasteiger partial charge in [0.15, 0.2) is 0 Å². The van der Waals surface area contributed by atoms with Crippen LogP contribution in [0.2, 0.25) is 0 Å². The summed E-state index contributed by atoms with van der Waals surface area (Å²) in [7, 11) is 0. The van der Waals surface area contributed by atoms with Gasteiger partial charge in [-0.3, -0.25) is 4.98 Å². The molecule has 0 aliphatic carbocycles. The van der Waals surface area contributed by atoms with Gasteiger partial charge in [-0.25, -0.2) is 4.98 Å². The summed E-state index contributed by atoms with van der Waals surface area (Å²) in [5.41, 5.74) is 3.35. The molecule has 1 aromatic carbocycles. The van der Waals surface area contributed by atoms with Crippen molar-refractivity contribution in [2.75, 3.05) is 11.9 Å². The molecule has 3 nitrogen and oxygen atoms in total. The first-order chi connectivity index (χ1) is 8.33. The van der Waals surface area contributed by atoms with Crippen molar-refractivity contribution in [1.82, 2.24) is 9.97 Å². The minimum Gasteiger partial charge on any atom is -0.369 e. The van der Waals surface area contributed by atoms with Gasteiger partial charge in [0.2, 0.25) is 0 Å². The standard InChI is InChI=1S/C14H17N3/c1-3-11-5-7-12(8-6-11)13-9-15-10-14(17-13)16-4-2/h5-10H,3-4H2,1-2H3,(H,16,17). The van der Waals surface area contributed by atoms with E-state index < -0.39 is 0 Å². The van der Waals surface area contributed by atoms with E-state index in [0.29, 0.717) is 0 Å². The maximum atomic E-state index is 4.51. The number of hydrogen-bond donors (Lipinski definition) is 1. The number of aromatic nitrogens is 2. The molecular weight excluding hydrogens is 210 g/mol. The van der Waals surface area contributed by atoms with Crippen LogP contribution < -0.4 is 5.32 Å². The lowest BCUT2D eigenvalue weighted by molar-refractivity contribution is 1.12. The van der Waals surface area contributed by atoms with E-state index >= 15 is 0 Å². The largest absolute Gasteiger partial charge is 0.369 e. The van der Waals surface area contributed by atoms with Gasteiger partial charge in [0.1, 0.15) is 5.82 Å². The van der Waals surface area contributed by atoms with Crippen LogP contribution in [0.15, 0.2) is 36.7 Å². The first-order valence-electron chi connectivity index (χ1n) is 5.98. The number of benzene rings is 1. The third-order valence-corrected chi connectivity index (χ3v) is 2.65. The highest BCUT2D eigenvalue weighted by atomic mass is 15.0. The molecule has 0 saturated heterocycles. The monoisotopic (exact) mass is 227 g/mol. The number of nitrogens with one attached hydrogen (secondary N) is 1. The molecule has 88 valence electrons. The number of aryl methyl sites for hydroxylation is 1. The van der Waals surface area contributed by atoms with E-state index in [2.05, 4.69) is 46.5 Å². The average molecular weight is 227 g/mol. The second-order valence-electron chi connectivity index (χ2n) is 3.87. The van der Waals surface area contributed by atoms with Crippen molar-refractivity contribution in [3.05, 3.63) is 42.2 Å². The maximum Gasteiger partial charge on any atom is 0.145 e. The van der Waals surface area contributed by atoms with E-state index in [1.807, 2.05) is 6.92 Å². The van der Waals surface area contributed by atoms with Crippen LogP contribution >= 0.6 is 0 Å². The van der Waals surface area contributed by atoms with E-state index in [0.717, 1.165) is 30.0 Å². The van der Waals surface area contributed by atoms with E-state index in [9.17, 15) is 0 Å². The summed E-state index contributed by atoms with van der Waals surface area (Å²) >= 11 is 0. The smallest absolute Gasteiger partial charge is 0.145 e. The second-order valence-corrected chi connectivity index (χ2v) is 3.87. The molecule has 0 spiro atoms. The van der Waals surface area contributed by atoms with Crippen molar-refractivity contribution in [1.29, 1.82) is 0 Å². The third-order valence-electron chi connectivity index (χ3n) is 2.65. The Balaban J connectivity index is 2.28.